The summed E-state index contributed by atoms with van der Waals surface area (Å²) in [4.78, 5) is 19.3. The largest absolute Gasteiger partial charge is 0.372 e. The van der Waals surface area contributed by atoms with E-state index in [-0.39, 0.29) is 11.9 Å². The Morgan fingerprint density at radius 3 is 2.27 bits per heavy atom. The molecule has 3 saturated heterocycles. The predicted molar refractivity (Wildman–Crippen MR) is 120 cm³/mol. The van der Waals surface area contributed by atoms with E-state index in [9.17, 15) is 13.2 Å². The van der Waals surface area contributed by atoms with E-state index < -0.39 is 15.8 Å². The minimum Gasteiger partial charge on any atom is -0.372 e. The lowest BCUT2D eigenvalue weighted by atomic mass is 10.1. The van der Waals surface area contributed by atoms with Crippen LogP contribution in [0.1, 0.15) is 44.9 Å². The number of carbonyl (C=O) groups is 1. The molecule has 0 saturated carbocycles. The zero-order valence-electron chi connectivity index (χ0n) is 17.8. The molecule has 30 heavy (non-hydrogen) atoms. The molecule has 3 aliphatic heterocycles. The van der Waals surface area contributed by atoms with Gasteiger partial charge in [-0.3, -0.25) is 9.52 Å². The highest BCUT2D eigenvalue weighted by Crippen LogP contribution is 2.23. The van der Waals surface area contributed by atoms with E-state index >= 15 is 0 Å². The Morgan fingerprint density at radius 1 is 0.900 bits per heavy atom. The lowest BCUT2D eigenvalue weighted by molar-refractivity contribution is -0.129. The van der Waals surface area contributed by atoms with Gasteiger partial charge in [0.05, 0.1) is 0 Å². The zero-order chi connectivity index (χ0) is 21.0. The average molecular weight is 435 g/mol. The molecule has 7 nitrogen and oxygen atoms in total. The number of nitrogens with zero attached hydrogens (tertiary/aromatic N) is 3. The first-order valence-electron chi connectivity index (χ1n) is 11.4. The molecule has 0 bridgehead atoms. The van der Waals surface area contributed by atoms with Crippen LogP contribution in [0.5, 0.6) is 0 Å². The van der Waals surface area contributed by atoms with E-state index in [1.807, 2.05) is 12.1 Å². The maximum Gasteiger partial charge on any atom is 0.241 e. The molecule has 1 aromatic carbocycles. The predicted octanol–water partition coefficient (Wildman–Crippen LogP) is 2.51. The third kappa shape index (κ3) is 5.46. The topological polar surface area (TPSA) is 73.0 Å². The first-order chi connectivity index (χ1) is 14.5. The van der Waals surface area contributed by atoms with Crippen molar-refractivity contribution in [1.29, 1.82) is 0 Å². The van der Waals surface area contributed by atoms with E-state index in [4.69, 9.17) is 0 Å². The van der Waals surface area contributed by atoms with E-state index in [1.165, 1.54) is 32.1 Å². The number of carbonyl (C=O) groups excluding carboxylic acids is 1. The number of sulfonamides is 1. The van der Waals surface area contributed by atoms with Gasteiger partial charge in [0.2, 0.25) is 15.9 Å². The molecule has 4 rings (SSSR count). The van der Waals surface area contributed by atoms with Crippen molar-refractivity contribution < 1.29 is 13.2 Å². The maximum absolute atomic E-state index is 12.8. The van der Waals surface area contributed by atoms with Crippen molar-refractivity contribution in [3.05, 3.63) is 24.3 Å². The fourth-order valence-corrected chi connectivity index (χ4v) is 6.03. The highest BCUT2D eigenvalue weighted by atomic mass is 32.2. The molecule has 3 fully saturated rings. The van der Waals surface area contributed by atoms with E-state index in [0.717, 1.165) is 51.3 Å². The van der Waals surface area contributed by atoms with Gasteiger partial charge in [-0.2, -0.15) is 0 Å². The first kappa shape index (κ1) is 21.4. The van der Waals surface area contributed by atoms with Gasteiger partial charge in [-0.05, 0) is 82.3 Å². The molecular formula is C22H34N4O3S. The molecule has 8 heteroatoms. The molecule has 166 valence electrons. The summed E-state index contributed by atoms with van der Waals surface area (Å²) in [5.74, 6) is -0.772. The number of hydrogen-bond acceptors (Lipinski definition) is 5. The second-order valence-electron chi connectivity index (χ2n) is 8.85. The van der Waals surface area contributed by atoms with Gasteiger partial charge in [-0.15, -0.1) is 0 Å². The fourth-order valence-electron chi connectivity index (χ4n) is 4.97. The second kappa shape index (κ2) is 9.56. The van der Waals surface area contributed by atoms with Crippen LogP contribution in [0.25, 0.3) is 0 Å². The molecule has 1 atom stereocenters. The number of anilines is 2. The Labute approximate surface area is 180 Å². The molecule has 0 aliphatic carbocycles. The van der Waals surface area contributed by atoms with Crippen molar-refractivity contribution in [2.45, 2.75) is 51.0 Å². The highest BCUT2D eigenvalue weighted by molar-refractivity contribution is 7.93. The number of hydrogen-bond donors (Lipinski definition) is 1. The van der Waals surface area contributed by atoms with Crippen molar-refractivity contribution >= 4 is 27.3 Å². The Hall–Kier alpha value is -1.80. The fraction of sp³-hybridized carbons (Fsp3) is 0.682. The van der Waals surface area contributed by atoms with Gasteiger partial charge in [0.1, 0.15) is 5.75 Å². The summed E-state index contributed by atoms with van der Waals surface area (Å²) in [6.45, 7) is 5.81. The minimum absolute atomic E-state index is 0.148. The van der Waals surface area contributed by atoms with Crippen LogP contribution in [-0.2, 0) is 14.8 Å². The summed E-state index contributed by atoms with van der Waals surface area (Å²) in [7, 11) is -3.73. The maximum atomic E-state index is 12.8. The van der Waals surface area contributed by atoms with E-state index in [1.54, 1.807) is 17.0 Å². The molecule has 0 spiro atoms. The summed E-state index contributed by atoms with van der Waals surface area (Å²) in [6, 6.07) is 7.64. The molecule has 1 aromatic rings. The van der Waals surface area contributed by atoms with Crippen LogP contribution in [-0.4, -0.2) is 75.2 Å². The van der Waals surface area contributed by atoms with Crippen LogP contribution in [0.3, 0.4) is 0 Å². The average Bonchev–Trinajstić information content (AvgIpc) is 3.41. The van der Waals surface area contributed by atoms with Crippen LogP contribution < -0.4 is 9.62 Å². The van der Waals surface area contributed by atoms with Crippen molar-refractivity contribution in [2.75, 3.05) is 54.6 Å². The van der Waals surface area contributed by atoms with Gasteiger partial charge in [-0.1, -0.05) is 0 Å². The zero-order valence-corrected chi connectivity index (χ0v) is 18.6. The number of benzene rings is 1. The summed E-state index contributed by atoms with van der Waals surface area (Å²) in [6.07, 6.45) is 8.03. The summed E-state index contributed by atoms with van der Waals surface area (Å²) >= 11 is 0. The lowest BCUT2D eigenvalue weighted by Gasteiger charge is -2.29. The van der Waals surface area contributed by atoms with Gasteiger partial charge in [0.15, 0.2) is 0 Å². The molecule has 1 unspecified atom stereocenters. The van der Waals surface area contributed by atoms with Crippen LogP contribution in [0.4, 0.5) is 11.4 Å². The summed E-state index contributed by atoms with van der Waals surface area (Å²) < 4.78 is 27.8. The number of rotatable bonds is 7. The van der Waals surface area contributed by atoms with Gasteiger partial charge < -0.3 is 14.7 Å². The lowest BCUT2D eigenvalue weighted by Crippen LogP contribution is -2.45. The molecule has 3 aliphatic rings. The Balaban J connectivity index is 1.32. The Morgan fingerprint density at radius 2 is 1.57 bits per heavy atom. The Kier molecular flexibility index (Phi) is 6.83. The summed E-state index contributed by atoms with van der Waals surface area (Å²) in [5.41, 5.74) is 1.63. The van der Waals surface area contributed by atoms with Crippen LogP contribution in [0.15, 0.2) is 24.3 Å². The normalized spacial score (nSPS) is 23.1. The van der Waals surface area contributed by atoms with Gasteiger partial charge in [0, 0.05) is 43.6 Å². The van der Waals surface area contributed by atoms with Crippen LogP contribution in [0.2, 0.25) is 0 Å². The molecule has 1 amide bonds. The standard InChI is InChI=1S/C22H34N4O3S/c27-22(26-16-6-7-21(26)17-24-12-4-5-13-24)18-30(28,29)23-19-8-10-20(11-9-19)25-14-2-1-3-15-25/h8-11,21,23H,1-7,12-18H2. The number of nitrogens with one attached hydrogen (secondary N) is 1. The van der Waals surface area contributed by atoms with Crippen LogP contribution >= 0.6 is 0 Å². The number of piperidine rings is 1. The highest BCUT2D eigenvalue weighted by Gasteiger charge is 2.32. The molecule has 3 heterocycles. The monoisotopic (exact) mass is 434 g/mol. The van der Waals surface area contributed by atoms with Gasteiger partial charge >= 0.3 is 0 Å². The third-order valence-electron chi connectivity index (χ3n) is 6.54. The molecule has 0 aromatic heterocycles. The van der Waals surface area contributed by atoms with Crippen LogP contribution in [0, 0.1) is 0 Å². The van der Waals surface area contributed by atoms with Crippen molar-refractivity contribution in [2.24, 2.45) is 0 Å². The van der Waals surface area contributed by atoms with Crippen molar-refractivity contribution in [3.63, 3.8) is 0 Å². The van der Waals surface area contributed by atoms with Gasteiger partial charge in [-0.25, -0.2) is 8.42 Å². The number of amides is 1. The second-order valence-corrected chi connectivity index (χ2v) is 10.6. The van der Waals surface area contributed by atoms with Gasteiger partial charge in [0.25, 0.3) is 0 Å². The van der Waals surface area contributed by atoms with Crippen molar-refractivity contribution in [3.8, 4) is 0 Å². The number of likely N-dealkylation sites (tertiary alicyclic amines) is 2. The summed E-state index contributed by atoms with van der Waals surface area (Å²) in [5, 5.41) is 0. The van der Waals surface area contributed by atoms with E-state index in [2.05, 4.69) is 14.5 Å². The smallest absolute Gasteiger partial charge is 0.241 e. The quantitative estimate of drug-likeness (QED) is 0.714. The minimum atomic E-state index is -3.73. The van der Waals surface area contributed by atoms with E-state index in [0.29, 0.717) is 12.2 Å². The first-order valence-corrected chi connectivity index (χ1v) is 13.0. The SMILES string of the molecule is O=C(CS(=O)(=O)Nc1ccc(N2CCCCC2)cc1)N1CCCC1CN1CCCC1. The molecular weight excluding hydrogens is 400 g/mol. The molecule has 1 N–H and O–H groups in total. The third-order valence-corrected chi connectivity index (χ3v) is 7.71. The molecule has 0 radical (unpaired) electrons. The van der Waals surface area contributed by atoms with Crippen molar-refractivity contribution in [1.82, 2.24) is 9.80 Å². The Bertz CT molecular complexity index is 815.